The number of nitrogens with two attached hydrogens (primary N) is 1. The van der Waals surface area contributed by atoms with Crippen molar-refractivity contribution in [2.45, 2.75) is 6.18 Å². The number of carbonyl (C=O) groups is 1. The summed E-state index contributed by atoms with van der Waals surface area (Å²) in [5.74, 6) is -0.307. The molecule has 0 radical (unpaired) electrons. The van der Waals surface area contributed by atoms with Crippen LogP contribution >= 0.6 is 0 Å². The van der Waals surface area contributed by atoms with E-state index in [1.807, 2.05) is 0 Å². The summed E-state index contributed by atoms with van der Waals surface area (Å²) in [4.78, 5) is 11.3. The predicted octanol–water partition coefficient (Wildman–Crippen LogP) is 1.43. The monoisotopic (exact) mass is 292 g/mol. The van der Waals surface area contributed by atoms with E-state index < -0.39 is 23.3 Å². The molecule has 0 spiro atoms. The van der Waals surface area contributed by atoms with Gasteiger partial charge in [0.05, 0.1) is 12.2 Å². The maximum Gasteiger partial charge on any atom is 0.418 e. The second-order valence-electron chi connectivity index (χ2n) is 3.88. The standard InChI is InChI=1S/C12H15F3N2O3/c1-19-5-4-17-11(18)7-20-8-2-3-9(10(16)6-8)12(13,14)15/h2-3,6H,4-5,7,16H2,1H3,(H,17,18). The molecular formula is C12H15F3N2O3. The molecule has 8 heteroatoms. The largest absolute Gasteiger partial charge is 0.484 e. The Morgan fingerprint density at radius 2 is 2.10 bits per heavy atom. The lowest BCUT2D eigenvalue weighted by molar-refractivity contribution is -0.137. The van der Waals surface area contributed by atoms with Crippen LogP contribution in [0.25, 0.3) is 0 Å². The Kier molecular flexibility index (Phi) is 5.63. The van der Waals surface area contributed by atoms with Gasteiger partial charge in [-0.3, -0.25) is 4.79 Å². The molecule has 0 aromatic heterocycles. The van der Waals surface area contributed by atoms with E-state index in [9.17, 15) is 18.0 Å². The van der Waals surface area contributed by atoms with Gasteiger partial charge in [-0.2, -0.15) is 13.2 Å². The summed E-state index contributed by atoms with van der Waals surface area (Å²) in [6.07, 6.45) is -4.51. The van der Waals surface area contributed by atoms with Gasteiger partial charge in [-0.15, -0.1) is 0 Å². The lowest BCUT2D eigenvalue weighted by Crippen LogP contribution is -2.31. The SMILES string of the molecule is COCCNC(=O)COc1ccc(C(F)(F)F)c(N)c1. The normalized spacial score (nSPS) is 11.2. The number of anilines is 1. The number of amides is 1. The first-order valence-corrected chi connectivity index (χ1v) is 5.69. The number of nitrogens with one attached hydrogen (secondary N) is 1. The lowest BCUT2D eigenvalue weighted by atomic mass is 10.1. The molecule has 1 aromatic rings. The summed E-state index contributed by atoms with van der Waals surface area (Å²) in [5.41, 5.74) is 3.91. The summed E-state index contributed by atoms with van der Waals surface area (Å²) in [6, 6.07) is 2.96. The molecule has 0 aliphatic carbocycles. The summed E-state index contributed by atoms with van der Waals surface area (Å²) in [6.45, 7) is 0.376. The maximum absolute atomic E-state index is 12.5. The second-order valence-corrected chi connectivity index (χ2v) is 3.88. The molecule has 0 aliphatic rings. The van der Waals surface area contributed by atoms with E-state index in [4.69, 9.17) is 15.2 Å². The number of rotatable bonds is 6. The van der Waals surface area contributed by atoms with E-state index in [0.717, 1.165) is 18.2 Å². The summed E-state index contributed by atoms with van der Waals surface area (Å²) >= 11 is 0. The van der Waals surface area contributed by atoms with Crippen LogP contribution in [0.1, 0.15) is 5.56 Å². The number of carbonyl (C=O) groups excluding carboxylic acids is 1. The van der Waals surface area contributed by atoms with Crippen LogP contribution in [-0.2, 0) is 15.7 Å². The number of alkyl halides is 3. The van der Waals surface area contributed by atoms with E-state index >= 15 is 0 Å². The molecule has 1 amide bonds. The Bertz CT molecular complexity index is 464. The van der Waals surface area contributed by atoms with Crippen molar-refractivity contribution in [2.24, 2.45) is 0 Å². The molecule has 0 bridgehead atoms. The topological polar surface area (TPSA) is 73.6 Å². The Morgan fingerprint density at radius 1 is 1.40 bits per heavy atom. The van der Waals surface area contributed by atoms with Gasteiger partial charge in [0, 0.05) is 25.4 Å². The molecule has 3 N–H and O–H groups in total. The van der Waals surface area contributed by atoms with Crippen LogP contribution in [-0.4, -0.2) is 32.8 Å². The van der Waals surface area contributed by atoms with Gasteiger partial charge in [-0.25, -0.2) is 0 Å². The molecule has 20 heavy (non-hydrogen) atoms. The summed E-state index contributed by atoms with van der Waals surface area (Å²) in [5, 5.41) is 2.50. The average molecular weight is 292 g/mol. The molecule has 1 aromatic carbocycles. The minimum Gasteiger partial charge on any atom is -0.484 e. The molecule has 0 saturated carbocycles. The molecule has 0 atom stereocenters. The highest BCUT2D eigenvalue weighted by Crippen LogP contribution is 2.35. The fraction of sp³-hybridized carbons (Fsp3) is 0.417. The van der Waals surface area contributed by atoms with Crippen molar-refractivity contribution in [3.8, 4) is 5.75 Å². The molecule has 0 heterocycles. The number of nitrogen functional groups attached to an aromatic ring is 1. The van der Waals surface area contributed by atoms with Crippen LogP contribution in [0.5, 0.6) is 5.75 Å². The van der Waals surface area contributed by atoms with Crippen LogP contribution in [0.15, 0.2) is 18.2 Å². The van der Waals surface area contributed by atoms with E-state index in [0.29, 0.717) is 13.2 Å². The van der Waals surface area contributed by atoms with Gasteiger partial charge in [0.2, 0.25) is 0 Å². The average Bonchev–Trinajstić information content (AvgIpc) is 2.35. The van der Waals surface area contributed by atoms with Crippen LogP contribution in [0.3, 0.4) is 0 Å². The van der Waals surface area contributed by atoms with Crippen LogP contribution in [0, 0.1) is 0 Å². The van der Waals surface area contributed by atoms with Crippen LogP contribution in [0.4, 0.5) is 18.9 Å². The third-order valence-electron chi connectivity index (χ3n) is 2.33. The van der Waals surface area contributed by atoms with Gasteiger partial charge in [-0.05, 0) is 12.1 Å². The Labute approximate surface area is 113 Å². The minimum atomic E-state index is -4.51. The third kappa shape index (κ3) is 4.96. The van der Waals surface area contributed by atoms with Gasteiger partial charge >= 0.3 is 6.18 Å². The van der Waals surface area contributed by atoms with Crippen molar-refractivity contribution >= 4 is 11.6 Å². The van der Waals surface area contributed by atoms with Gasteiger partial charge < -0.3 is 20.5 Å². The highest BCUT2D eigenvalue weighted by atomic mass is 19.4. The first-order valence-electron chi connectivity index (χ1n) is 5.69. The fourth-order valence-corrected chi connectivity index (χ4v) is 1.38. The Balaban J connectivity index is 2.54. The minimum absolute atomic E-state index is 0.0948. The van der Waals surface area contributed by atoms with Gasteiger partial charge in [0.15, 0.2) is 6.61 Å². The number of methoxy groups -OCH3 is 1. The zero-order chi connectivity index (χ0) is 15.2. The predicted molar refractivity (Wildman–Crippen MR) is 66.2 cm³/mol. The highest BCUT2D eigenvalue weighted by Gasteiger charge is 2.32. The molecule has 112 valence electrons. The quantitative estimate of drug-likeness (QED) is 0.614. The Hall–Kier alpha value is -1.96. The molecule has 5 nitrogen and oxygen atoms in total. The maximum atomic E-state index is 12.5. The zero-order valence-electron chi connectivity index (χ0n) is 10.8. The van der Waals surface area contributed by atoms with Crippen molar-refractivity contribution < 1.29 is 27.4 Å². The van der Waals surface area contributed by atoms with Gasteiger partial charge in [0.1, 0.15) is 5.75 Å². The first kappa shape index (κ1) is 16.1. The van der Waals surface area contributed by atoms with E-state index in [-0.39, 0.29) is 12.4 Å². The molecule has 0 saturated heterocycles. The lowest BCUT2D eigenvalue weighted by Gasteiger charge is -2.12. The number of benzene rings is 1. The molecule has 0 unspecified atom stereocenters. The van der Waals surface area contributed by atoms with E-state index in [1.54, 1.807) is 0 Å². The summed E-state index contributed by atoms with van der Waals surface area (Å²) < 4.78 is 47.2. The smallest absolute Gasteiger partial charge is 0.418 e. The van der Waals surface area contributed by atoms with Crippen molar-refractivity contribution in [2.75, 3.05) is 32.6 Å². The van der Waals surface area contributed by atoms with Crippen molar-refractivity contribution in [1.82, 2.24) is 5.32 Å². The van der Waals surface area contributed by atoms with Gasteiger partial charge in [0.25, 0.3) is 5.91 Å². The number of hydrogen-bond acceptors (Lipinski definition) is 4. The zero-order valence-corrected chi connectivity index (χ0v) is 10.8. The van der Waals surface area contributed by atoms with Crippen LogP contribution < -0.4 is 15.8 Å². The second kappa shape index (κ2) is 6.99. The van der Waals surface area contributed by atoms with Gasteiger partial charge in [-0.1, -0.05) is 0 Å². The molecular weight excluding hydrogens is 277 g/mol. The Morgan fingerprint density at radius 3 is 2.65 bits per heavy atom. The molecule has 1 rings (SSSR count). The van der Waals surface area contributed by atoms with Crippen LogP contribution in [0.2, 0.25) is 0 Å². The summed E-state index contributed by atoms with van der Waals surface area (Å²) in [7, 11) is 1.49. The number of ether oxygens (including phenoxy) is 2. The fourth-order valence-electron chi connectivity index (χ4n) is 1.38. The first-order chi connectivity index (χ1) is 9.34. The van der Waals surface area contributed by atoms with Crippen molar-refractivity contribution in [3.63, 3.8) is 0 Å². The van der Waals surface area contributed by atoms with Crippen molar-refractivity contribution in [3.05, 3.63) is 23.8 Å². The number of hydrogen-bond donors (Lipinski definition) is 2. The van der Waals surface area contributed by atoms with E-state index in [2.05, 4.69) is 5.32 Å². The third-order valence-corrected chi connectivity index (χ3v) is 2.33. The van der Waals surface area contributed by atoms with Crippen molar-refractivity contribution in [1.29, 1.82) is 0 Å². The number of halogens is 3. The van der Waals surface area contributed by atoms with E-state index in [1.165, 1.54) is 7.11 Å². The highest BCUT2D eigenvalue weighted by molar-refractivity contribution is 5.77. The molecule has 0 fully saturated rings. The molecule has 0 aliphatic heterocycles.